The van der Waals surface area contributed by atoms with E-state index in [0.717, 1.165) is 12.1 Å². The Hall–Kier alpha value is -1.93. The van der Waals surface area contributed by atoms with Crippen molar-refractivity contribution in [3.05, 3.63) is 38.4 Å². The van der Waals surface area contributed by atoms with E-state index < -0.39 is 26.8 Å². The first-order valence-electron chi connectivity index (χ1n) is 5.55. The monoisotopic (exact) mass is 305 g/mol. The lowest BCUT2D eigenvalue weighted by atomic mass is 10.0. The third-order valence-electron chi connectivity index (χ3n) is 2.36. The molecule has 0 radical (unpaired) electrons. The maximum absolute atomic E-state index is 10.7. The number of nitro benzene ring substituents is 2. The van der Waals surface area contributed by atoms with E-state index in [-0.39, 0.29) is 24.8 Å². The molecule has 0 fully saturated rings. The molecule has 0 unspecified atom stereocenters. The summed E-state index contributed by atoms with van der Waals surface area (Å²) in [7, 11) is 0. The van der Waals surface area contributed by atoms with Crippen LogP contribution >= 0.6 is 12.4 Å². The van der Waals surface area contributed by atoms with Crippen LogP contribution in [0.4, 0.5) is 11.4 Å². The summed E-state index contributed by atoms with van der Waals surface area (Å²) in [6.07, 6.45) is 0.553. The Balaban J connectivity index is 0.00000361. The molecule has 0 aromatic heterocycles. The minimum atomic E-state index is -0.808. The van der Waals surface area contributed by atoms with Gasteiger partial charge in [-0.1, -0.05) is 0 Å². The average molecular weight is 306 g/mol. The number of rotatable bonds is 6. The van der Waals surface area contributed by atoms with E-state index in [4.69, 9.17) is 10.5 Å². The van der Waals surface area contributed by atoms with Crippen LogP contribution in [-0.2, 0) is 0 Å². The number of benzene rings is 1. The number of ether oxygens (including phenoxy) is 1. The summed E-state index contributed by atoms with van der Waals surface area (Å²) in [4.78, 5) is 19.8. The average Bonchev–Trinajstić information content (AvgIpc) is 2.26. The van der Waals surface area contributed by atoms with E-state index >= 15 is 0 Å². The van der Waals surface area contributed by atoms with Crippen LogP contribution in [0.5, 0.6) is 5.75 Å². The maximum Gasteiger partial charge on any atom is 0.349 e. The number of hydrogen-bond donors (Lipinski definition) is 1. The molecule has 0 aliphatic rings. The van der Waals surface area contributed by atoms with Crippen molar-refractivity contribution in [1.82, 2.24) is 0 Å². The third kappa shape index (κ3) is 5.37. The Labute approximate surface area is 121 Å². The fourth-order valence-electron chi connectivity index (χ4n) is 1.33. The summed E-state index contributed by atoms with van der Waals surface area (Å²) >= 11 is 0. The van der Waals surface area contributed by atoms with E-state index in [1.807, 2.05) is 13.8 Å². The number of nitrogens with two attached hydrogens (primary N) is 1. The van der Waals surface area contributed by atoms with Crippen molar-refractivity contribution in [3.8, 4) is 5.75 Å². The molecule has 0 spiro atoms. The van der Waals surface area contributed by atoms with E-state index in [9.17, 15) is 20.2 Å². The Morgan fingerprint density at radius 3 is 2.20 bits per heavy atom. The van der Waals surface area contributed by atoms with E-state index in [0.29, 0.717) is 6.42 Å². The van der Waals surface area contributed by atoms with Crippen molar-refractivity contribution in [3.63, 3.8) is 0 Å². The topological polar surface area (TPSA) is 122 Å². The summed E-state index contributed by atoms with van der Waals surface area (Å²) in [5, 5.41) is 21.4. The minimum Gasteiger partial charge on any atom is -0.493 e. The normalized spacial score (nSPS) is 10.6. The molecule has 0 aliphatic carbocycles. The third-order valence-corrected chi connectivity index (χ3v) is 2.36. The Morgan fingerprint density at radius 2 is 1.75 bits per heavy atom. The molecule has 1 aromatic carbocycles. The predicted octanol–water partition coefficient (Wildman–Crippen LogP) is 2.43. The molecule has 20 heavy (non-hydrogen) atoms. The highest BCUT2D eigenvalue weighted by Gasteiger charge is 2.24. The fourth-order valence-corrected chi connectivity index (χ4v) is 1.33. The van der Waals surface area contributed by atoms with Crippen LogP contribution < -0.4 is 10.5 Å². The molecule has 0 aliphatic heterocycles. The van der Waals surface area contributed by atoms with Crippen molar-refractivity contribution in [2.24, 2.45) is 5.73 Å². The zero-order valence-corrected chi connectivity index (χ0v) is 11.9. The van der Waals surface area contributed by atoms with Gasteiger partial charge in [0.2, 0.25) is 0 Å². The molecule has 0 saturated carbocycles. The lowest BCUT2D eigenvalue weighted by Gasteiger charge is -2.18. The van der Waals surface area contributed by atoms with Gasteiger partial charge >= 0.3 is 11.4 Å². The second-order valence-corrected chi connectivity index (χ2v) is 4.75. The molecular weight excluding hydrogens is 290 g/mol. The minimum absolute atomic E-state index is 0. The fraction of sp³-hybridized carbons (Fsp3) is 0.455. The van der Waals surface area contributed by atoms with Crippen molar-refractivity contribution >= 4 is 23.8 Å². The number of hydrogen-bond acceptors (Lipinski definition) is 6. The molecule has 2 N–H and O–H groups in total. The van der Waals surface area contributed by atoms with Gasteiger partial charge in [-0.15, -0.1) is 12.4 Å². The zero-order chi connectivity index (χ0) is 14.6. The summed E-state index contributed by atoms with van der Waals surface area (Å²) in [5.41, 5.74) is 4.21. The van der Waals surface area contributed by atoms with Gasteiger partial charge in [0.15, 0.2) is 0 Å². The van der Waals surface area contributed by atoms with Crippen LogP contribution in [0.15, 0.2) is 18.2 Å². The first kappa shape index (κ1) is 18.1. The van der Waals surface area contributed by atoms with Crippen molar-refractivity contribution in [2.45, 2.75) is 25.8 Å². The van der Waals surface area contributed by atoms with Gasteiger partial charge in [-0.25, -0.2) is 0 Å². The quantitative estimate of drug-likeness (QED) is 0.636. The number of nitro groups is 2. The molecule has 9 heteroatoms. The summed E-state index contributed by atoms with van der Waals surface area (Å²) in [5.74, 6) is 0.210. The van der Waals surface area contributed by atoms with Crippen LogP contribution in [0.1, 0.15) is 20.3 Å². The summed E-state index contributed by atoms with van der Waals surface area (Å²) < 4.78 is 5.30. The van der Waals surface area contributed by atoms with E-state index in [1.54, 1.807) is 0 Å². The highest BCUT2D eigenvalue weighted by atomic mass is 35.5. The largest absolute Gasteiger partial charge is 0.493 e. The first-order valence-corrected chi connectivity index (χ1v) is 5.55. The van der Waals surface area contributed by atoms with Crippen LogP contribution in [0, 0.1) is 20.2 Å². The van der Waals surface area contributed by atoms with E-state index in [1.165, 1.54) is 6.07 Å². The van der Waals surface area contributed by atoms with Gasteiger partial charge in [-0.05, 0) is 26.3 Å². The van der Waals surface area contributed by atoms with Gasteiger partial charge < -0.3 is 10.5 Å². The van der Waals surface area contributed by atoms with Crippen molar-refractivity contribution in [1.29, 1.82) is 0 Å². The molecule has 0 heterocycles. The second-order valence-electron chi connectivity index (χ2n) is 4.75. The Kier molecular flexibility index (Phi) is 6.34. The van der Waals surface area contributed by atoms with Crippen LogP contribution in [0.3, 0.4) is 0 Å². The molecule has 112 valence electrons. The van der Waals surface area contributed by atoms with Gasteiger partial charge in [0.25, 0.3) is 0 Å². The lowest BCUT2D eigenvalue weighted by molar-refractivity contribution is -0.422. The van der Waals surface area contributed by atoms with Gasteiger partial charge in [-0.3, -0.25) is 20.2 Å². The molecule has 0 bridgehead atoms. The molecule has 0 saturated heterocycles. The zero-order valence-electron chi connectivity index (χ0n) is 11.1. The van der Waals surface area contributed by atoms with Gasteiger partial charge in [0, 0.05) is 11.6 Å². The van der Waals surface area contributed by atoms with Crippen molar-refractivity contribution < 1.29 is 14.6 Å². The smallest absolute Gasteiger partial charge is 0.349 e. The SMILES string of the molecule is CC(C)(N)CCOc1ccc([N+](=O)[O-])c([N+](=O)[O-])c1.Cl. The Morgan fingerprint density at radius 1 is 1.20 bits per heavy atom. The maximum atomic E-state index is 10.7. The molecular formula is C11H16ClN3O5. The molecule has 8 nitrogen and oxygen atoms in total. The van der Waals surface area contributed by atoms with E-state index in [2.05, 4.69) is 0 Å². The number of halogens is 1. The second kappa shape index (κ2) is 7.01. The summed E-state index contributed by atoms with van der Waals surface area (Å²) in [6.45, 7) is 3.93. The van der Waals surface area contributed by atoms with Crippen LogP contribution in [0.2, 0.25) is 0 Å². The molecule has 0 atom stereocenters. The molecule has 1 aromatic rings. The predicted molar refractivity (Wildman–Crippen MR) is 75.4 cm³/mol. The highest BCUT2D eigenvalue weighted by molar-refractivity contribution is 5.85. The first-order chi connectivity index (χ1) is 8.70. The standard InChI is InChI=1S/C11H15N3O5.ClH/c1-11(2,12)5-6-19-8-3-4-9(13(15)16)10(7-8)14(17)18;/h3-4,7H,5-6,12H2,1-2H3;1H. The van der Waals surface area contributed by atoms with Crippen LogP contribution in [-0.4, -0.2) is 22.0 Å². The highest BCUT2D eigenvalue weighted by Crippen LogP contribution is 2.30. The number of nitrogens with zero attached hydrogens (tertiary/aromatic N) is 2. The van der Waals surface area contributed by atoms with Crippen molar-refractivity contribution in [2.75, 3.05) is 6.61 Å². The lowest BCUT2D eigenvalue weighted by Crippen LogP contribution is -2.33. The molecule has 0 amide bonds. The van der Waals surface area contributed by atoms with Gasteiger partial charge in [0.05, 0.1) is 22.5 Å². The Bertz CT molecular complexity index is 501. The van der Waals surface area contributed by atoms with Crippen LogP contribution in [0.25, 0.3) is 0 Å². The summed E-state index contributed by atoms with van der Waals surface area (Å²) in [6, 6.07) is 3.43. The van der Waals surface area contributed by atoms with Gasteiger partial charge in [0.1, 0.15) is 5.75 Å². The molecule has 1 rings (SSSR count). The van der Waals surface area contributed by atoms with Gasteiger partial charge in [-0.2, -0.15) is 0 Å².